The third-order valence-electron chi connectivity index (χ3n) is 3.26. The molecular formula is C17H18N2O4S. The molecule has 0 radical (unpaired) electrons. The standard InChI is InChI=1S/C17H18N2O4S/c1-24(22,23)15-10-6-5-9-14(15)17(21)19-12-11-18-16(20)13-7-3-2-4-8-13/h2-10H,11-12H2,1H3,(H,18,20)(H,19,21). The van der Waals surface area contributed by atoms with Gasteiger partial charge in [-0.2, -0.15) is 0 Å². The molecule has 126 valence electrons. The van der Waals surface area contributed by atoms with Crippen molar-refractivity contribution in [2.75, 3.05) is 19.3 Å². The van der Waals surface area contributed by atoms with Crippen molar-refractivity contribution in [1.82, 2.24) is 10.6 Å². The Labute approximate surface area is 140 Å². The summed E-state index contributed by atoms with van der Waals surface area (Å²) in [6.45, 7) is 0.427. The quantitative estimate of drug-likeness (QED) is 0.770. The molecule has 2 N–H and O–H groups in total. The summed E-state index contributed by atoms with van der Waals surface area (Å²) in [6, 6.07) is 14.7. The fourth-order valence-corrected chi connectivity index (χ4v) is 3.00. The molecule has 2 aromatic rings. The van der Waals surface area contributed by atoms with Crippen molar-refractivity contribution >= 4 is 21.7 Å². The number of hydrogen-bond acceptors (Lipinski definition) is 4. The molecule has 0 saturated carbocycles. The van der Waals surface area contributed by atoms with E-state index in [0.717, 1.165) is 6.26 Å². The van der Waals surface area contributed by atoms with Gasteiger partial charge in [-0.15, -0.1) is 0 Å². The summed E-state index contributed by atoms with van der Waals surface area (Å²) >= 11 is 0. The van der Waals surface area contributed by atoms with Gasteiger partial charge >= 0.3 is 0 Å². The largest absolute Gasteiger partial charge is 0.350 e. The number of amides is 2. The Bertz CT molecular complexity index is 833. The van der Waals surface area contributed by atoms with E-state index in [1.165, 1.54) is 12.1 Å². The fraction of sp³-hybridized carbons (Fsp3) is 0.176. The fourth-order valence-electron chi connectivity index (χ4n) is 2.12. The van der Waals surface area contributed by atoms with Crippen LogP contribution in [0.3, 0.4) is 0 Å². The van der Waals surface area contributed by atoms with Gasteiger partial charge in [-0.25, -0.2) is 8.42 Å². The second-order valence-corrected chi connectivity index (χ2v) is 7.13. The smallest absolute Gasteiger partial charge is 0.252 e. The minimum atomic E-state index is -3.49. The summed E-state index contributed by atoms with van der Waals surface area (Å²) in [5, 5.41) is 5.28. The highest BCUT2D eigenvalue weighted by molar-refractivity contribution is 7.90. The Morgan fingerprint density at radius 2 is 1.38 bits per heavy atom. The van der Waals surface area contributed by atoms with E-state index >= 15 is 0 Å². The Morgan fingerprint density at radius 1 is 0.833 bits per heavy atom. The van der Waals surface area contributed by atoms with Crippen molar-refractivity contribution in [3.63, 3.8) is 0 Å². The Hall–Kier alpha value is -2.67. The lowest BCUT2D eigenvalue weighted by Crippen LogP contribution is -2.35. The van der Waals surface area contributed by atoms with Crippen LogP contribution in [0.15, 0.2) is 59.5 Å². The lowest BCUT2D eigenvalue weighted by atomic mass is 10.2. The van der Waals surface area contributed by atoms with Crippen LogP contribution in [0, 0.1) is 0 Å². The van der Waals surface area contributed by atoms with Crippen molar-refractivity contribution in [3.05, 3.63) is 65.7 Å². The van der Waals surface area contributed by atoms with Gasteiger partial charge in [0.05, 0.1) is 10.5 Å². The molecular weight excluding hydrogens is 328 g/mol. The maximum Gasteiger partial charge on any atom is 0.252 e. The van der Waals surface area contributed by atoms with Gasteiger partial charge in [-0.05, 0) is 24.3 Å². The van der Waals surface area contributed by atoms with Crippen LogP contribution in [0.2, 0.25) is 0 Å². The molecule has 0 fully saturated rings. The molecule has 0 atom stereocenters. The lowest BCUT2D eigenvalue weighted by Gasteiger charge is -2.09. The molecule has 0 spiro atoms. The summed E-state index contributed by atoms with van der Waals surface area (Å²) in [7, 11) is -3.49. The summed E-state index contributed by atoms with van der Waals surface area (Å²) in [5.41, 5.74) is 0.626. The van der Waals surface area contributed by atoms with Crippen molar-refractivity contribution in [3.8, 4) is 0 Å². The summed E-state index contributed by atoms with van der Waals surface area (Å²) in [6.07, 6.45) is 1.05. The second kappa shape index (κ2) is 7.74. The van der Waals surface area contributed by atoms with E-state index < -0.39 is 15.7 Å². The van der Waals surface area contributed by atoms with Crippen LogP contribution in [-0.4, -0.2) is 39.6 Å². The highest BCUT2D eigenvalue weighted by atomic mass is 32.2. The Morgan fingerprint density at radius 3 is 2.00 bits per heavy atom. The molecule has 0 saturated heterocycles. The van der Waals surface area contributed by atoms with Crippen molar-refractivity contribution in [2.45, 2.75) is 4.90 Å². The SMILES string of the molecule is CS(=O)(=O)c1ccccc1C(=O)NCCNC(=O)c1ccccc1. The van der Waals surface area contributed by atoms with Crippen LogP contribution in [-0.2, 0) is 9.84 Å². The number of carbonyl (C=O) groups excluding carboxylic acids is 2. The predicted molar refractivity (Wildman–Crippen MR) is 90.7 cm³/mol. The molecule has 0 aromatic heterocycles. The Balaban J connectivity index is 1.90. The van der Waals surface area contributed by atoms with E-state index in [-0.39, 0.29) is 29.5 Å². The van der Waals surface area contributed by atoms with Crippen LogP contribution < -0.4 is 10.6 Å². The van der Waals surface area contributed by atoms with Gasteiger partial charge in [0.15, 0.2) is 9.84 Å². The number of benzene rings is 2. The molecule has 2 aromatic carbocycles. The van der Waals surface area contributed by atoms with E-state index in [4.69, 9.17) is 0 Å². The maximum atomic E-state index is 12.1. The first-order chi connectivity index (χ1) is 11.4. The first-order valence-electron chi connectivity index (χ1n) is 7.30. The minimum absolute atomic E-state index is 0.0178. The van der Waals surface area contributed by atoms with Gasteiger partial charge in [-0.3, -0.25) is 9.59 Å². The molecule has 0 heterocycles. The molecule has 6 nitrogen and oxygen atoms in total. The number of sulfone groups is 1. The lowest BCUT2D eigenvalue weighted by molar-refractivity contribution is 0.0926. The molecule has 24 heavy (non-hydrogen) atoms. The zero-order chi connectivity index (χ0) is 17.6. The van der Waals surface area contributed by atoms with Gasteiger partial charge in [0.2, 0.25) is 0 Å². The van der Waals surface area contributed by atoms with Crippen molar-refractivity contribution in [1.29, 1.82) is 0 Å². The molecule has 0 aliphatic carbocycles. The van der Waals surface area contributed by atoms with Crippen molar-refractivity contribution < 1.29 is 18.0 Å². The van der Waals surface area contributed by atoms with Gasteiger partial charge in [0, 0.05) is 24.9 Å². The zero-order valence-corrected chi connectivity index (χ0v) is 14.0. The van der Waals surface area contributed by atoms with Crippen LogP contribution in [0.5, 0.6) is 0 Å². The predicted octanol–water partition coefficient (Wildman–Crippen LogP) is 1.25. The van der Waals surface area contributed by atoms with Gasteiger partial charge < -0.3 is 10.6 Å². The number of carbonyl (C=O) groups is 2. The minimum Gasteiger partial charge on any atom is -0.350 e. The molecule has 2 amide bonds. The van der Waals surface area contributed by atoms with Crippen LogP contribution in [0.1, 0.15) is 20.7 Å². The van der Waals surface area contributed by atoms with E-state index in [9.17, 15) is 18.0 Å². The van der Waals surface area contributed by atoms with E-state index in [1.807, 2.05) is 6.07 Å². The first kappa shape index (κ1) is 17.7. The number of rotatable bonds is 6. The average molecular weight is 346 g/mol. The molecule has 0 unspecified atom stereocenters. The third-order valence-corrected chi connectivity index (χ3v) is 4.42. The second-order valence-electron chi connectivity index (χ2n) is 5.15. The molecule has 7 heteroatoms. The first-order valence-corrected chi connectivity index (χ1v) is 9.19. The highest BCUT2D eigenvalue weighted by Gasteiger charge is 2.17. The van der Waals surface area contributed by atoms with Crippen LogP contribution >= 0.6 is 0 Å². The Kier molecular flexibility index (Phi) is 5.70. The highest BCUT2D eigenvalue weighted by Crippen LogP contribution is 2.14. The van der Waals surface area contributed by atoms with Crippen LogP contribution in [0.4, 0.5) is 0 Å². The zero-order valence-electron chi connectivity index (χ0n) is 13.2. The third kappa shape index (κ3) is 4.66. The molecule has 0 aliphatic heterocycles. The maximum absolute atomic E-state index is 12.1. The molecule has 2 rings (SSSR count). The van der Waals surface area contributed by atoms with Gasteiger partial charge in [-0.1, -0.05) is 30.3 Å². The van der Waals surface area contributed by atoms with Crippen LogP contribution in [0.25, 0.3) is 0 Å². The summed E-state index contributed by atoms with van der Waals surface area (Å²) in [5.74, 6) is -0.730. The monoisotopic (exact) mass is 346 g/mol. The molecule has 0 bridgehead atoms. The van der Waals surface area contributed by atoms with E-state index in [1.54, 1.807) is 36.4 Å². The topological polar surface area (TPSA) is 92.3 Å². The van der Waals surface area contributed by atoms with Crippen molar-refractivity contribution in [2.24, 2.45) is 0 Å². The molecule has 0 aliphatic rings. The number of hydrogen-bond donors (Lipinski definition) is 2. The van der Waals surface area contributed by atoms with E-state index in [0.29, 0.717) is 5.56 Å². The van der Waals surface area contributed by atoms with E-state index in [2.05, 4.69) is 10.6 Å². The number of nitrogens with one attached hydrogen (secondary N) is 2. The average Bonchev–Trinajstić information content (AvgIpc) is 2.58. The van der Waals surface area contributed by atoms with Gasteiger partial charge in [0.1, 0.15) is 0 Å². The summed E-state index contributed by atoms with van der Waals surface area (Å²) in [4.78, 5) is 24.0. The van der Waals surface area contributed by atoms with Gasteiger partial charge in [0.25, 0.3) is 11.8 Å². The normalized spacial score (nSPS) is 10.9. The summed E-state index contributed by atoms with van der Waals surface area (Å²) < 4.78 is 23.4.